The minimum Gasteiger partial charge on any atom is -0.465 e. The van der Waals surface area contributed by atoms with Crippen LogP contribution in [-0.4, -0.2) is 18.5 Å². The molecule has 1 atom stereocenters. The molecule has 0 aliphatic heterocycles. The molecule has 2 nitrogen and oxygen atoms in total. The number of esters is 1. The van der Waals surface area contributed by atoms with Crippen molar-refractivity contribution in [2.75, 3.05) is 12.5 Å². The molecule has 0 aliphatic carbocycles. The number of halogens is 1. The first-order chi connectivity index (χ1) is 8.09. The number of hydrogen-bond donors (Lipinski definition) is 0. The van der Waals surface area contributed by atoms with Gasteiger partial charge in [0.15, 0.2) is 0 Å². The summed E-state index contributed by atoms with van der Waals surface area (Å²) in [6.45, 7) is 6.16. The number of benzene rings is 1. The highest BCUT2D eigenvalue weighted by Crippen LogP contribution is 2.35. The van der Waals surface area contributed by atoms with Crippen molar-refractivity contribution in [3.63, 3.8) is 0 Å². The summed E-state index contributed by atoms with van der Waals surface area (Å²) in [5, 5.41) is 0. The van der Waals surface area contributed by atoms with Crippen LogP contribution in [0.1, 0.15) is 26.3 Å². The Morgan fingerprint density at radius 3 is 2.35 bits per heavy atom. The summed E-state index contributed by atoms with van der Waals surface area (Å²) in [4.78, 5) is 12.2. The Morgan fingerprint density at radius 2 is 1.94 bits per heavy atom. The van der Waals surface area contributed by atoms with Gasteiger partial charge in [-0.1, -0.05) is 44.2 Å². The van der Waals surface area contributed by atoms with Gasteiger partial charge in [-0.3, -0.25) is 4.79 Å². The van der Waals surface area contributed by atoms with Gasteiger partial charge in [-0.15, -0.1) is 11.6 Å². The summed E-state index contributed by atoms with van der Waals surface area (Å²) in [6.07, 6.45) is 0. The van der Waals surface area contributed by atoms with Gasteiger partial charge in [-0.05, 0) is 18.4 Å². The minimum atomic E-state index is -0.751. The van der Waals surface area contributed by atoms with E-state index in [2.05, 4.69) is 0 Å². The second-order valence-corrected chi connectivity index (χ2v) is 4.61. The van der Waals surface area contributed by atoms with Gasteiger partial charge in [-0.25, -0.2) is 0 Å². The van der Waals surface area contributed by atoms with Crippen molar-refractivity contribution < 1.29 is 9.53 Å². The fourth-order valence-electron chi connectivity index (χ4n) is 1.97. The van der Waals surface area contributed by atoms with Crippen LogP contribution in [0.15, 0.2) is 30.3 Å². The average Bonchev–Trinajstić information content (AvgIpc) is 2.32. The number of rotatable bonds is 5. The summed E-state index contributed by atoms with van der Waals surface area (Å²) in [6, 6.07) is 9.61. The van der Waals surface area contributed by atoms with Crippen molar-refractivity contribution in [2.24, 2.45) is 5.92 Å². The van der Waals surface area contributed by atoms with E-state index in [1.807, 2.05) is 51.1 Å². The maximum absolute atomic E-state index is 12.2. The van der Waals surface area contributed by atoms with E-state index in [0.717, 1.165) is 5.56 Å². The highest BCUT2D eigenvalue weighted by atomic mass is 35.5. The molecule has 3 heteroatoms. The van der Waals surface area contributed by atoms with Crippen LogP contribution in [0.2, 0.25) is 0 Å². The van der Waals surface area contributed by atoms with Gasteiger partial charge in [0, 0.05) is 5.88 Å². The zero-order valence-corrected chi connectivity index (χ0v) is 11.3. The SMILES string of the molecule is CCOC(=O)C(CCl)(c1ccccc1)C(C)C. The zero-order chi connectivity index (χ0) is 12.9. The second kappa shape index (κ2) is 6.06. The first-order valence-corrected chi connectivity index (χ1v) is 6.41. The molecule has 0 saturated carbocycles. The lowest BCUT2D eigenvalue weighted by Gasteiger charge is -2.33. The molecule has 0 bridgehead atoms. The molecule has 0 saturated heterocycles. The molecule has 0 aliphatic rings. The van der Waals surface area contributed by atoms with Crippen molar-refractivity contribution in [1.82, 2.24) is 0 Å². The van der Waals surface area contributed by atoms with Gasteiger partial charge in [-0.2, -0.15) is 0 Å². The largest absolute Gasteiger partial charge is 0.465 e. The van der Waals surface area contributed by atoms with E-state index in [1.54, 1.807) is 0 Å². The molecular weight excluding hydrogens is 236 g/mol. The topological polar surface area (TPSA) is 26.3 Å². The lowest BCUT2D eigenvalue weighted by atomic mass is 9.73. The lowest BCUT2D eigenvalue weighted by molar-refractivity contribution is -0.151. The van der Waals surface area contributed by atoms with Gasteiger partial charge in [0.2, 0.25) is 0 Å². The molecule has 0 spiro atoms. The molecule has 0 aromatic heterocycles. The smallest absolute Gasteiger partial charge is 0.318 e. The molecule has 1 rings (SSSR count). The normalized spacial score (nSPS) is 14.4. The lowest BCUT2D eigenvalue weighted by Crippen LogP contribution is -2.44. The molecule has 0 heterocycles. The van der Waals surface area contributed by atoms with E-state index in [-0.39, 0.29) is 17.8 Å². The van der Waals surface area contributed by atoms with Crippen molar-refractivity contribution in [2.45, 2.75) is 26.2 Å². The predicted molar refractivity (Wildman–Crippen MR) is 70.3 cm³/mol. The summed E-state index contributed by atoms with van der Waals surface area (Å²) in [5.41, 5.74) is 0.169. The van der Waals surface area contributed by atoms with E-state index in [4.69, 9.17) is 16.3 Å². The molecule has 1 unspecified atom stereocenters. The first kappa shape index (κ1) is 14.0. The van der Waals surface area contributed by atoms with E-state index in [0.29, 0.717) is 6.61 Å². The van der Waals surface area contributed by atoms with Crippen LogP contribution in [0.25, 0.3) is 0 Å². The van der Waals surface area contributed by atoms with Gasteiger partial charge >= 0.3 is 5.97 Å². The highest BCUT2D eigenvalue weighted by molar-refractivity contribution is 6.20. The predicted octanol–water partition coefficient (Wildman–Crippen LogP) is 3.38. The first-order valence-electron chi connectivity index (χ1n) is 5.88. The fourth-order valence-corrected chi connectivity index (χ4v) is 2.54. The van der Waals surface area contributed by atoms with Gasteiger partial charge in [0.1, 0.15) is 5.41 Å². The van der Waals surface area contributed by atoms with Crippen LogP contribution >= 0.6 is 11.6 Å². The maximum atomic E-state index is 12.2. The zero-order valence-electron chi connectivity index (χ0n) is 10.6. The third-order valence-electron chi connectivity index (χ3n) is 3.12. The van der Waals surface area contributed by atoms with E-state index >= 15 is 0 Å². The van der Waals surface area contributed by atoms with E-state index in [9.17, 15) is 4.79 Å². The average molecular weight is 255 g/mol. The van der Waals surface area contributed by atoms with Crippen LogP contribution in [0, 0.1) is 5.92 Å². The monoisotopic (exact) mass is 254 g/mol. The number of carbonyl (C=O) groups excluding carboxylic acids is 1. The van der Waals surface area contributed by atoms with Crippen LogP contribution in [0.5, 0.6) is 0 Å². The Hall–Kier alpha value is -1.02. The number of carbonyl (C=O) groups is 1. The standard InChI is InChI=1S/C14H19ClO2/c1-4-17-13(16)14(10-15,11(2)3)12-8-6-5-7-9-12/h5-9,11H,4,10H2,1-3H3. The van der Waals surface area contributed by atoms with E-state index in [1.165, 1.54) is 0 Å². The third kappa shape index (κ3) is 2.63. The summed E-state index contributed by atoms with van der Waals surface area (Å²) in [7, 11) is 0. The molecule has 1 aromatic rings. The molecule has 0 fully saturated rings. The van der Waals surface area contributed by atoms with E-state index < -0.39 is 5.41 Å². The number of hydrogen-bond acceptors (Lipinski definition) is 2. The number of alkyl halides is 1. The van der Waals surface area contributed by atoms with Crippen molar-refractivity contribution in [3.05, 3.63) is 35.9 Å². The van der Waals surface area contributed by atoms with Gasteiger partial charge in [0.25, 0.3) is 0 Å². The second-order valence-electron chi connectivity index (χ2n) is 4.35. The molecule has 0 amide bonds. The van der Waals surface area contributed by atoms with Gasteiger partial charge in [0.05, 0.1) is 6.61 Å². The van der Waals surface area contributed by atoms with Gasteiger partial charge < -0.3 is 4.74 Å². The Bertz CT molecular complexity index is 362. The Kier molecular flexibility index (Phi) is 5.01. The fraction of sp³-hybridized carbons (Fsp3) is 0.500. The van der Waals surface area contributed by atoms with Crippen LogP contribution in [-0.2, 0) is 14.9 Å². The Morgan fingerprint density at radius 1 is 1.35 bits per heavy atom. The molecule has 0 radical (unpaired) electrons. The van der Waals surface area contributed by atoms with Crippen molar-refractivity contribution in [3.8, 4) is 0 Å². The van der Waals surface area contributed by atoms with Crippen molar-refractivity contribution >= 4 is 17.6 Å². The Labute approximate surface area is 108 Å². The van der Waals surface area contributed by atoms with Crippen LogP contribution in [0.3, 0.4) is 0 Å². The molecule has 0 N–H and O–H groups in total. The summed E-state index contributed by atoms with van der Waals surface area (Å²) >= 11 is 6.08. The third-order valence-corrected chi connectivity index (χ3v) is 3.55. The Balaban J connectivity index is 3.23. The summed E-state index contributed by atoms with van der Waals surface area (Å²) in [5.74, 6) is 0.0747. The summed E-state index contributed by atoms with van der Waals surface area (Å²) < 4.78 is 5.19. The molecular formula is C14H19ClO2. The minimum absolute atomic E-state index is 0.0847. The maximum Gasteiger partial charge on any atom is 0.318 e. The number of ether oxygens (including phenoxy) is 1. The van der Waals surface area contributed by atoms with Crippen molar-refractivity contribution in [1.29, 1.82) is 0 Å². The molecule has 17 heavy (non-hydrogen) atoms. The molecule has 1 aromatic carbocycles. The van der Waals surface area contributed by atoms with Crippen LogP contribution in [0.4, 0.5) is 0 Å². The molecule has 94 valence electrons. The quantitative estimate of drug-likeness (QED) is 0.595. The highest BCUT2D eigenvalue weighted by Gasteiger charge is 2.43. The van der Waals surface area contributed by atoms with Crippen LogP contribution < -0.4 is 0 Å².